The fourth-order valence-electron chi connectivity index (χ4n) is 2.26. The third-order valence-corrected chi connectivity index (χ3v) is 5.06. The van der Waals surface area contributed by atoms with Gasteiger partial charge in [-0.3, -0.25) is 4.79 Å². The molecule has 7 heteroatoms. The molecule has 0 aromatic rings. The van der Waals surface area contributed by atoms with Crippen molar-refractivity contribution in [3.8, 4) is 0 Å². The highest BCUT2D eigenvalue weighted by molar-refractivity contribution is 7.91. The van der Waals surface area contributed by atoms with Gasteiger partial charge in [-0.2, -0.15) is 0 Å². The monoisotopic (exact) mass is 291 g/mol. The van der Waals surface area contributed by atoms with Gasteiger partial charge in [0.05, 0.1) is 18.6 Å². The summed E-state index contributed by atoms with van der Waals surface area (Å²) in [6, 6.07) is -1.20. The van der Waals surface area contributed by atoms with Gasteiger partial charge in [-0.05, 0) is 13.3 Å². The van der Waals surface area contributed by atoms with Gasteiger partial charge < -0.3 is 9.64 Å². The highest BCUT2D eigenvalue weighted by atomic mass is 32.2. The Labute approximate surface area is 114 Å². The van der Waals surface area contributed by atoms with Crippen LogP contribution in [0.1, 0.15) is 27.2 Å². The van der Waals surface area contributed by atoms with Crippen LogP contribution in [0, 0.1) is 5.92 Å². The number of carbonyl (C=O) groups is 2. The van der Waals surface area contributed by atoms with Crippen LogP contribution >= 0.6 is 0 Å². The molecule has 0 radical (unpaired) electrons. The molecule has 0 spiro atoms. The molecule has 0 unspecified atom stereocenters. The molecule has 0 bridgehead atoms. The number of rotatable bonds is 4. The molecule has 0 aromatic heterocycles. The Bertz CT molecular complexity index is 457. The van der Waals surface area contributed by atoms with E-state index >= 15 is 0 Å². The zero-order valence-electron chi connectivity index (χ0n) is 11.8. The number of hydrogen-bond donors (Lipinski definition) is 0. The van der Waals surface area contributed by atoms with Gasteiger partial charge in [0, 0.05) is 12.0 Å². The number of nitrogens with zero attached hydrogens (tertiary/aromatic N) is 1. The smallest absolute Gasteiger partial charge is 0.328 e. The lowest BCUT2D eigenvalue weighted by Gasteiger charge is -2.33. The molecule has 1 amide bonds. The molecule has 0 saturated carbocycles. The first-order chi connectivity index (χ1) is 8.69. The normalized spacial score (nSPS) is 23.1. The summed E-state index contributed by atoms with van der Waals surface area (Å²) in [5.74, 6) is -1.06. The van der Waals surface area contributed by atoms with Crippen LogP contribution < -0.4 is 0 Å². The molecular weight excluding hydrogens is 270 g/mol. The van der Waals surface area contributed by atoms with Gasteiger partial charge in [0.25, 0.3) is 0 Å². The Kier molecular flexibility index (Phi) is 4.95. The van der Waals surface area contributed by atoms with Gasteiger partial charge in [-0.25, -0.2) is 13.2 Å². The van der Waals surface area contributed by atoms with Gasteiger partial charge in [0.2, 0.25) is 5.91 Å². The molecule has 0 N–H and O–H groups in total. The van der Waals surface area contributed by atoms with Crippen molar-refractivity contribution < 1.29 is 22.7 Å². The van der Waals surface area contributed by atoms with Crippen LogP contribution in [-0.2, 0) is 24.2 Å². The van der Waals surface area contributed by atoms with Crippen LogP contribution in [0.4, 0.5) is 0 Å². The van der Waals surface area contributed by atoms with E-state index in [1.54, 1.807) is 20.8 Å². The van der Waals surface area contributed by atoms with Crippen LogP contribution in [0.15, 0.2) is 0 Å². The summed E-state index contributed by atoms with van der Waals surface area (Å²) in [6.07, 6.45) is 0.377. The van der Waals surface area contributed by atoms with Crippen molar-refractivity contribution >= 4 is 21.7 Å². The molecule has 110 valence electrons. The third kappa shape index (κ3) is 3.68. The summed E-state index contributed by atoms with van der Waals surface area (Å²) in [6.45, 7) is 5.02. The Morgan fingerprint density at radius 1 is 1.26 bits per heavy atom. The summed E-state index contributed by atoms with van der Waals surface area (Å²) >= 11 is 0. The Balaban J connectivity index is 3.00. The van der Waals surface area contributed by atoms with Crippen molar-refractivity contribution in [2.45, 2.75) is 39.3 Å². The lowest BCUT2D eigenvalue weighted by molar-refractivity contribution is -0.155. The molecule has 2 atom stereocenters. The van der Waals surface area contributed by atoms with E-state index < -0.39 is 27.9 Å². The lowest BCUT2D eigenvalue weighted by atomic mass is 10.1. The molecule has 19 heavy (non-hydrogen) atoms. The maximum absolute atomic E-state index is 12.2. The maximum Gasteiger partial charge on any atom is 0.328 e. The number of amides is 1. The molecule has 6 nitrogen and oxygen atoms in total. The van der Waals surface area contributed by atoms with Crippen molar-refractivity contribution in [3.05, 3.63) is 0 Å². The van der Waals surface area contributed by atoms with E-state index in [4.69, 9.17) is 0 Å². The van der Waals surface area contributed by atoms with Gasteiger partial charge in [0.15, 0.2) is 9.84 Å². The van der Waals surface area contributed by atoms with E-state index in [9.17, 15) is 18.0 Å². The molecule has 1 aliphatic rings. The van der Waals surface area contributed by atoms with E-state index in [0.717, 1.165) is 0 Å². The Hall–Kier alpha value is -1.11. The van der Waals surface area contributed by atoms with Gasteiger partial charge >= 0.3 is 5.97 Å². The van der Waals surface area contributed by atoms with Crippen molar-refractivity contribution in [1.29, 1.82) is 0 Å². The first-order valence-corrected chi connectivity index (χ1v) is 8.12. The van der Waals surface area contributed by atoms with Crippen molar-refractivity contribution in [2.75, 3.05) is 18.6 Å². The van der Waals surface area contributed by atoms with Crippen LogP contribution in [0.5, 0.6) is 0 Å². The summed E-state index contributed by atoms with van der Waals surface area (Å²) < 4.78 is 27.7. The van der Waals surface area contributed by atoms with Crippen LogP contribution in [-0.4, -0.2) is 55.9 Å². The van der Waals surface area contributed by atoms with Crippen LogP contribution in [0.2, 0.25) is 0 Å². The second-order valence-electron chi connectivity index (χ2n) is 5.16. The van der Waals surface area contributed by atoms with E-state index in [1.165, 1.54) is 12.0 Å². The SMILES string of the molecule is COC(=O)[C@H](C)N(C(=O)C(C)C)[C@H]1CCS(=O)(=O)C1. The topological polar surface area (TPSA) is 80.8 Å². The molecule has 1 rings (SSSR count). The number of ether oxygens (including phenoxy) is 1. The van der Waals surface area contributed by atoms with Crippen molar-refractivity contribution in [3.63, 3.8) is 0 Å². The maximum atomic E-state index is 12.2. The predicted molar refractivity (Wildman–Crippen MR) is 70.2 cm³/mol. The fourth-order valence-corrected chi connectivity index (χ4v) is 3.98. The highest BCUT2D eigenvalue weighted by Gasteiger charge is 2.39. The van der Waals surface area contributed by atoms with Crippen LogP contribution in [0.3, 0.4) is 0 Å². The molecule has 0 aromatic carbocycles. The minimum Gasteiger partial charge on any atom is -0.467 e. The van der Waals surface area contributed by atoms with Gasteiger partial charge in [-0.1, -0.05) is 13.8 Å². The quantitative estimate of drug-likeness (QED) is 0.692. The van der Waals surface area contributed by atoms with E-state index in [0.29, 0.717) is 6.42 Å². The van der Waals surface area contributed by atoms with E-state index in [-0.39, 0.29) is 23.3 Å². The molecular formula is C12H21NO5S. The first kappa shape index (κ1) is 15.9. The predicted octanol–water partition coefficient (Wildman–Crippen LogP) is 0.220. The Morgan fingerprint density at radius 3 is 2.21 bits per heavy atom. The first-order valence-electron chi connectivity index (χ1n) is 6.30. The number of carbonyl (C=O) groups excluding carboxylic acids is 2. The van der Waals surface area contributed by atoms with Crippen molar-refractivity contribution in [1.82, 2.24) is 4.90 Å². The number of hydrogen-bond acceptors (Lipinski definition) is 5. The average Bonchev–Trinajstić information content (AvgIpc) is 2.68. The van der Waals surface area contributed by atoms with Gasteiger partial charge in [-0.15, -0.1) is 0 Å². The summed E-state index contributed by atoms with van der Waals surface area (Å²) in [5.41, 5.74) is 0. The third-order valence-electron chi connectivity index (χ3n) is 3.31. The van der Waals surface area contributed by atoms with Gasteiger partial charge in [0.1, 0.15) is 6.04 Å². The minimum absolute atomic E-state index is 0.0629. The zero-order valence-corrected chi connectivity index (χ0v) is 12.6. The molecule has 1 fully saturated rings. The fraction of sp³-hybridized carbons (Fsp3) is 0.833. The second kappa shape index (κ2) is 5.90. The lowest BCUT2D eigenvalue weighted by Crippen LogP contribution is -2.51. The number of sulfone groups is 1. The van der Waals surface area contributed by atoms with E-state index in [1.807, 2.05) is 0 Å². The minimum atomic E-state index is -3.11. The summed E-state index contributed by atoms with van der Waals surface area (Å²) in [7, 11) is -1.86. The van der Waals surface area contributed by atoms with E-state index in [2.05, 4.69) is 4.74 Å². The highest BCUT2D eigenvalue weighted by Crippen LogP contribution is 2.22. The number of esters is 1. The standard InChI is InChI=1S/C12H21NO5S/c1-8(2)11(14)13(9(3)12(15)18-4)10-5-6-19(16,17)7-10/h8-10H,5-7H2,1-4H3/t9-,10-/m0/s1. The molecule has 0 aliphatic carbocycles. The Morgan fingerprint density at radius 2 is 1.84 bits per heavy atom. The summed E-state index contributed by atoms with van der Waals surface area (Å²) in [4.78, 5) is 25.2. The second-order valence-corrected chi connectivity index (χ2v) is 7.38. The largest absolute Gasteiger partial charge is 0.467 e. The zero-order chi connectivity index (χ0) is 14.8. The van der Waals surface area contributed by atoms with Crippen molar-refractivity contribution in [2.24, 2.45) is 5.92 Å². The molecule has 1 aliphatic heterocycles. The number of methoxy groups -OCH3 is 1. The molecule has 1 saturated heterocycles. The van der Waals surface area contributed by atoms with Crippen LogP contribution in [0.25, 0.3) is 0 Å². The average molecular weight is 291 g/mol. The summed E-state index contributed by atoms with van der Waals surface area (Å²) in [5, 5.41) is 0. The molecule has 1 heterocycles.